The lowest BCUT2D eigenvalue weighted by Gasteiger charge is -2.22. The van der Waals surface area contributed by atoms with Gasteiger partial charge in [0.25, 0.3) is 0 Å². The average molecular weight is 344 g/mol. The van der Waals surface area contributed by atoms with Gasteiger partial charge in [-0.15, -0.1) is 11.3 Å². The highest BCUT2D eigenvalue weighted by atomic mass is 32.2. The smallest absolute Gasteiger partial charge is 0.318 e. The standard InChI is InChI=1S/C15H25N3O2S2/c1-10(2)13(7-19)17-15(20)18(4)6-12-9-22-14(16-12)11(3)8-21-5/h7,9-11,13H,6,8H2,1-5H3,(H,17,20)/t11?,13-/m1/s1. The molecule has 124 valence electrons. The molecule has 5 nitrogen and oxygen atoms in total. The van der Waals surface area contributed by atoms with Gasteiger partial charge in [-0.1, -0.05) is 20.8 Å². The molecule has 0 aromatic carbocycles. The molecule has 0 saturated carbocycles. The minimum Gasteiger partial charge on any atom is -0.328 e. The van der Waals surface area contributed by atoms with E-state index in [-0.39, 0.29) is 11.9 Å². The van der Waals surface area contributed by atoms with Gasteiger partial charge in [0.15, 0.2) is 0 Å². The molecule has 0 aliphatic rings. The van der Waals surface area contributed by atoms with Crippen LogP contribution in [0.2, 0.25) is 0 Å². The number of hydrogen-bond donors (Lipinski definition) is 1. The Morgan fingerprint density at radius 3 is 2.73 bits per heavy atom. The van der Waals surface area contributed by atoms with Crippen molar-refractivity contribution in [2.75, 3.05) is 19.1 Å². The average Bonchev–Trinajstić information content (AvgIpc) is 2.92. The number of carbonyl (C=O) groups is 2. The summed E-state index contributed by atoms with van der Waals surface area (Å²) in [5.74, 6) is 1.54. The molecule has 1 N–H and O–H groups in total. The van der Waals surface area contributed by atoms with Crippen LogP contribution in [0.3, 0.4) is 0 Å². The molecule has 2 amide bonds. The molecule has 0 spiro atoms. The second-order valence-electron chi connectivity index (χ2n) is 5.74. The monoisotopic (exact) mass is 343 g/mol. The van der Waals surface area contributed by atoms with E-state index in [1.807, 2.05) is 19.2 Å². The maximum Gasteiger partial charge on any atom is 0.318 e. The van der Waals surface area contributed by atoms with Gasteiger partial charge in [0.1, 0.15) is 6.29 Å². The zero-order valence-corrected chi connectivity index (χ0v) is 15.5. The number of thiazole rings is 1. The number of carbonyl (C=O) groups excluding carboxylic acids is 2. The highest BCUT2D eigenvalue weighted by molar-refractivity contribution is 7.98. The summed E-state index contributed by atoms with van der Waals surface area (Å²) in [6.45, 7) is 6.41. The first-order chi connectivity index (χ1) is 10.4. The first-order valence-corrected chi connectivity index (χ1v) is 9.56. The number of aldehydes is 1. The third kappa shape index (κ3) is 5.61. The fourth-order valence-electron chi connectivity index (χ4n) is 1.87. The van der Waals surface area contributed by atoms with Crippen molar-refractivity contribution in [3.63, 3.8) is 0 Å². The number of urea groups is 1. The molecule has 7 heteroatoms. The molecule has 1 unspecified atom stereocenters. The molecule has 1 heterocycles. The molecule has 0 aliphatic carbocycles. The first-order valence-electron chi connectivity index (χ1n) is 7.29. The van der Waals surface area contributed by atoms with Crippen LogP contribution in [0.25, 0.3) is 0 Å². The van der Waals surface area contributed by atoms with Gasteiger partial charge in [-0.25, -0.2) is 9.78 Å². The van der Waals surface area contributed by atoms with Gasteiger partial charge in [0.2, 0.25) is 0 Å². The van der Waals surface area contributed by atoms with E-state index in [4.69, 9.17) is 0 Å². The van der Waals surface area contributed by atoms with Crippen LogP contribution >= 0.6 is 23.1 Å². The first kappa shape index (κ1) is 19.0. The lowest BCUT2D eigenvalue weighted by molar-refractivity contribution is -0.110. The predicted molar refractivity (Wildman–Crippen MR) is 93.6 cm³/mol. The molecule has 1 aromatic heterocycles. The van der Waals surface area contributed by atoms with E-state index in [0.717, 1.165) is 22.7 Å². The van der Waals surface area contributed by atoms with Crippen molar-refractivity contribution in [3.05, 3.63) is 16.1 Å². The van der Waals surface area contributed by atoms with Gasteiger partial charge in [-0.05, 0) is 12.2 Å². The molecule has 0 bridgehead atoms. The number of thioether (sulfide) groups is 1. The van der Waals surface area contributed by atoms with E-state index in [1.54, 1.807) is 35.0 Å². The van der Waals surface area contributed by atoms with E-state index < -0.39 is 6.04 Å². The molecule has 0 saturated heterocycles. The highest BCUT2D eigenvalue weighted by Crippen LogP contribution is 2.23. The molecule has 1 aromatic rings. The van der Waals surface area contributed by atoms with Gasteiger partial charge < -0.3 is 15.0 Å². The number of amides is 2. The van der Waals surface area contributed by atoms with Crippen LogP contribution in [0, 0.1) is 5.92 Å². The van der Waals surface area contributed by atoms with Gasteiger partial charge >= 0.3 is 6.03 Å². The van der Waals surface area contributed by atoms with Crippen LogP contribution in [0.4, 0.5) is 4.79 Å². The van der Waals surface area contributed by atoms with Crippen LogP contribution in [0.1, 0.15) is 37.4 Å². The summed E-state index contributed by atoms with van der Waals surface area (Å²) in [4.78, 5) is 29.2. The van der Waals surface area contributed by atoms with Crippen molar-refractivity contribution >= 4 is 35.4 Å². The Hall–Kier alpha value is -1.08. The second kappa shape index (κ2) is 9.15. The molecular weight excluding hydrogens is 318 g/mol. The summed E-state index contributed by atoms with van der Waals surface area (Å²) < 4.78 is 0. The van der Waals surface area contributed by atoms with Crippen LogP contribution < -0.4 is 5.32 Å². The van der Waals surface area contributed by atoms with Gasteiger partial charge in [0.05, 0.1) is 23.3 Å². The summed E-state index contributed by atoms with van der Waals surface area (Å²) in [6, 6.07) is -0.708. The van der Waals surface area contributed by atoms with Crippen molar-refractivity contribution in [3.8, 4) is 0 Å². The molecule has 0 radical (unpaired) electrons. The Labute approximate surface area is 140 Å². The van der Waals surface area contributed by atoms with Gasteiger partial charge in [-0.3, -0.25) is 0 Å². The number of aromatic nitrogens is 1. The summed E-state index contributed by atoms with van der Waals surface area (Å²) in [5.41, 5.74) is 0.887. The Kier molecular flexibility index (Phi) is 7.89. The van der Waals surface area contributed by atoms with Crippen LogP contribution in [0.15, 0.2) is 5.38 Å². The fourth-order valence-corrected chi connectivity index (χ4v) is 3.50. The van der Waals surface area contributed by atoms with E-state index in [1.165, 1.54) is 0 Å². The number of nitrogens with one attached hydrogen (secondary N) is 1. The van der Waals surface area contributed by atoms with Crippen LogP contribution in [-0.4, -0.2) is 47.3 Å². The van der Waals surface area contributed by atoms with E-state index in [9.17, 15) is 9.59 Å². The SMILES string of the molecule is CSCC(C)c1nc(CN(C)C(=O)N[C@H](C=O)C(C)C)cs1. The number of hydrogen-bond acceptors (Lipinski definition) is 5. The lowest BCUT2D eigenvalue weighted by Crippen LogP contribution is -2.45. The molecule has 1 rings (SSSR count). The molecule has 0 aliphatic heterocycles. The van der Waals surface area contributed by atoms with E-state index in [2.05, 4.69) is 23.5 Å². The van der Waals surface area contributed by atoms with Crippen molar-refractivity contribution in [2.45, 2.75) is 39.3 Å². The number of nitrogens with zero attached hydrogens (tertiary/aromatic N) is 2. The normalized spacial score (nSPS) is 13.7. The third-order valence-corrected chi connectivity index (χ3v) is 5.27. The van der Waals surface area contributed by atoms with E-state index in [0.29, 0.717) is 12.5 Å². The van der Waals surface area contributed by atoms with Gasteiger partial charge in [0, 0.05) is 24.1 Å². The Bertz CT molecular complexity index is 491. The summed E-state index contributed by atoms with van der Waals surface area (Å²) >= 11 is 3.44. The maximum atomic E-state index is 12.1. The van der Waals surface area contributed by atoms with Crippen LogP contribution in [0.5, 0.6) is 0 Å². The van der Waals surface area contributed by atoms with Crippen molar-refractivity contribution in [2.24, 2.45) is 5.92 Å². The van der Waals surface area contributed by atoms with Crippen molar-refractivity contribution in [1.82, 2.24) is 15.2 Å². The molecule has 22 heavy (non-hydrogen) atoms. The Morgan fingerprint density at radius 1 is 1.50 bits per heavy atom. The summed E-state index contributed by atoms with van der Waals surface area (Å²) in [6.07, 6.45) is 2.86. The minimum atomic E-state index is -0.456. The van der Waals surface area contributed by atoms with E-state index >= 15 is 0 Å². The Balaban J connectivity index is 2.59. The molecule has 2 atom stereocenters. The Morgan fingerprint density at radius 2 is 2.18 bits per heavy atom. The van der Waals surface area contributed by atoms with Crippen molar-refractivity contribution in [1.29, 1.82) is 0 Å². The minimum absolute atomic E-state index is 0.0770. The zero-order valence-electron chi connectivity index (χ0n) is 13.8. The second-order valence-corrected chi connectivity index (χ2v) is 7.55. The summed E-state index contributed by atoms with van der Waals surface area (Å²) in [7, 11) is 1.71. The maximum absolute atomic E-state index is 12.1. The molecule has 0 fully saturated rings. The fraction of sp³-hybridized carbons (Fsp3) is 0.667. The quantitative estimate of drug-likeness (QED) is 0.737. The largest absolute Gasteiger partial charge is 0.328 e. The summed E-state index contributed by atoms with van der Waals surface area (Å²) in [5, 5.41) is 5.83. The predicted octanol–water partition coefficient (Wildman–Crippen LogP) is 2.97. The van der Waals surface area contributed by atoms with Crippen LogP contribution in [-0.2, 0) is 11.3 Å². The number of rotatable bonds is 8. The van der Waals surface area contributed by atoms with Gasteiger partial charge in [-0.2, -0.15) is 11.8 Å². The highest BCUT2D eigenvalue weighted by Gasteiger charge is 2.19. The zero-order chi connectivity index (χ0) is 16.7. The third-order valence-electron chi connectivity index (χ3n) is 3.31. The molecular formula is C15H25N3O2S2. The topological polar surface area (TPSA) is 62.3 Å². The van der Waals surface area contributed by atoms with Crippen molar-refractivity contribution < 1.29 is 9.59 Å². The lowest BCUT2D eigenvalue weighted by atomic mass is 10.1.